The van der Waals surface area contributed by atoms with Gasteiger partial charge in [0, 0.05) is 23.1 Å². The van der Waals surface area contributed by atoms with Gasteiger partial charge in [0.1, 0.15) is 22.4 Å². The van der Waals surface area contributed by atoms with Crippen LogP contribution in [-0.2, 0) is 19.6 Å². The Labute approximate surface area is 190 Å². The fraction of sp³-hybridized carbons (Fsp3) is 0.300. The van der Waals surface area contributed by atoms with Gasteiger partial charge in [-0.15, -0.1) is 0 Å². The van der Waals surface area contributed by atoms with Crippen molar-refractivity contribution in [1.29, 1.82) is 5.26 Å². The largest absolute Gasteiger partial charge is 0.468 e. The molecule has 0 bridgehead atoms. The summed E-state index contributed by atoms with van der Waals surface area (Å²) in [4.78, 5) is 11.8. The number of nitriles is 1. The maximum atomic E-state index is 13.5. The highest BCUT2D eigenvalue weighted by Gasteiger charge is 2.34. The highest BCUT2D eigenvalue weighted by Crippen LogP contribution is 2.34. The fourth-order valence-corrected chi connectivity index (χ4v) is 5.27. The maximum Gasteiger partial charge on any atom is 0.324 e. The number of nitrogens with one attached hydrogen (secondary N) is 1. The molecule has 31 heavy (non-hydrogen) atoms. The van der Waals surface area contributed by atoms with E-state index in [1.807, 2.05) is 6.07 Å². The Morgan fingerprint density at radius 3 is 2.58 bits per heavy atom. The molecule has 2 aromatic carbocycles. The molecule has 0 aliphatic carbocycles. The molecule has 2 aromatic rings. The van der Waals surface area contributed by atoms with Gasteiger partial charge in [-0.1, -0.05) is 23.2 Å². The summed E-state index contributed by atoms with van der Waals surface area (Å²) in [6, 6.07) is 9.71. The lowest BCUT2D eigenvalue weighted by atomic mass is 10.2. The number of rotatable bonds is 5. The molecular weight excluding hydrogens is 465 g/mol. The molecule has 8 nitrogen and oxygen atoms in total. The minimum absolute atomic E-state index is 0.00385. The predicted octanol–water partition coefficient (Wildman–Crippen LogP) is 3.18. The lowest BCUT2D eigenvalue weighted by Gasteiger charge is -2.24. The molecule has 0 spiro atoms. The van der Waals surface area contributed by atoms with Crippen LogP contribution < -0.4 is 10.1 Å². The van der Waals surface area contributed by atoms with Gasteiger partial charge in [-0.3, -0.25) is 4.79 Å². The number of hydrogen-bond donors (Lipinski definition) is 1. The summed E-state index contributed by atoms with van der Waals surface area (Å²) in [5.41, 5.74) is 0.146. The van der Waals surface area contributed by atoms with Crippen molar-refractivity contribution < 1.29 is 22.7 Å². The van der Waals surface area contributed by atoms with E-state index < -0.39 is 22.0 Å². The molecule has 1 aliphatic rings. The first kappa shape index (κ1) is 23.3. The number of esters is 1. The third-order valence-electron chi connectivity index (χ3n) is 4.60. The number of methoxy groups -OCH3 is 1. The normalized spacial score (nSPS) is 17.4. The molecule has 0 amide bonds. The zero-order valence-corrected chi connectivity index (χ0v) is 18.8. The Hall–Kier alpha value is -2.35. The van der Waals surface area contributed by atoms with E-state index >= 15 is 0 Å². The van der Waals surface area contributed by atoms with Crippen molar-refractivity contribution in [1.82, 2.24) is 9.62 Å². The Bertz CT molecular complexity index is 1110. The first-order valence-corrected chi connectivity index (χ1v) is 11.4. The quantitative estimate of drug-likeness (QED) is 0.650. The van der Waals surface area contributed by atoms with Crippen LogP contribution in [0.25, 0.3) is 0 Å². The molecule has 11 heteroatoms. The Morgan fingerprint density at radius 1 is 1.23 bits per heavy atom. The third-order valence-corrected chi connectivity index (χ3v) is 6.92. The Morgan fingerprint density at radius 2 is 1.94 bits per heavy atom. The zero-order valence-electron chi connectivity index (χ0n) is 16.5. The van der Waals surface area contributed by atoms with Crippen LogP contribution in [0.3, 0.4) is 0 Å². The van der Waals surface area contributed by atoms with Gasteiger partial charge >= 0.3 is 5.97 Å². The molecule has 1 fully saturated rings. The van der Waals surface area contributed by atoms with E-state index in [4.69, 9.17) is 32.7 Å². The van der Waals surface area contributed by atoms with Crippen LogP contribution in [0, 0.1) is 11.3 Å². The second-order valence-corrected chi connectivity index (χ2v) is 9.51. The molecule has 0 saturated carbocycles. The van der Waals surface area contributed by atoms with Crippen molar-refractivity contribution >= 4 is 39.2 Å². The van der Waals surface area contributed by atoms with Crippen molar-refractivity contribution in [2.45, 2.75) is 17.4 Å². The molecule has 1 unspecified atom stereocenters. The summed E-state index contributed by atoms with van der Waals surface area (Å²) in [5, 5.41) is 12.9. The number of sulfonamides is 1. The fourth-order valence-electron chi connectivity index (χ4n) is 3.13. The van der Waals surface area contributed by atoms with Gasteiger partial charge in [0.15, 0.2) is 0 Å². The molecular formula is C20H19Cl2N3O5S. The van der Waals surface area contributed by atoms with Crippen molar-refractivity contribution in [2.24, 2.45) is 0 Å². The first-order valence-electron chi connectivity index (χ1n) is 9.24. The summed E-state index contributed by atoms with van der Waals surface area (Å²) in [6.45, 7) is 0.519. The summed E-state index contributed by atoms with van der Waals surface area (Å²) in [7, 11) is -2.88. The Kier molecular flexibility index (Phi) is 7.41. The molecule has 3 rings (SSSR count). The van der Waals surface area contributed by atoms with E-state index in [1.54, 1.807) is 0 Å². The highest BCUT2D eigenvalue weighted by atomic mass is 35.5. The van der Waals surface area contributed by atoms with Crippen LogP contribution in [0.1, 0.15) is 12.0 Å². The SMILES string of the molecule is COC(=O)C1CN(S(=O)(=O)c2cc(C#N)ccc2Oc2cc(Cl)cc(Cl)c2)CCCN1. The number of halogens is 2. The third kappa shape index (κ3) is 5.47. The Balaban J connectivity index is 2.02. The van der Waals surface area contributed by atoms with Crippen molar-refractivity contribution in [2.75, 3.05) is 26.7 Å². The predicted molar refractivity (Wildman–Crippen MR) is 115 cm³/mol. The number of ether oxygens (including phenoxy) is 2. The van der Waals surface area contributed by atoms with Gasteiger partial charge in [0.2, 0.25) is 10.0 Å². The lowest BCUT2D eigenvalue weighted by Crippen LogP contribution is -2.45. The van der Waals surface area contributed by atoms with Crippen molar-refractivity contribution in [3.63, 3.8) is 0 Å². The average Bonchev–Trinajstić information content (AvgIpc) is 2.99. The van der Waals surface area contributed by atoms with Gasteiger partial charge in [0.25, 0.3) is 0 Å². The van der Waals surface area contributed by atoms with Crippen molar-refractivity contribution in [3.05, 3.63) is 52.0 Å². The molecule has 1 heterocycles. The van der Waals surface area contributed by atoms with E-state index in [0.717, 1.165) is 0 Å². The number of carbonyl (C=O) groups is 1. The smallest absolute Gasteiger partial charge is 0.324 e. The van der Waals surface area contributed by atoms with Crippen LogP contribution in [-0.4, -0.2) is 51.5 Å². The zero-order chi connectivity index (χ0) is 22.6. The van der Waals surface area contributed by atoms with Gasteiger partial charge in [-0.25, -0.2) is 8.42 Å². The average molecular weight is 484 g/mol. The molecule has 0 radical (unpaired) electrons. The monoisotopic (exact) mass is 483 g/mol. The molecule has 1 N–H and O–H groups in total. The molecule has 1 atom stereocenters. The molecule has 0 aromatic heterocycles. The molecule has 1 saturated heterocycles. The number of nitrogens with zero attached hydrogens (tertiary/aromatic N) is 2. The second-order valence-electron chi connectivity index (χ2n) is 6.73. The van der Waals surface area contributed by atoms with Gasteiger partial charge in [-0.2, -0.15) is 9.57 Å². The van der Waals surface area contributed by atoms with Gasteiger partial charge < -0.3 is 14.8 Å². The summed E-state index contributed by atoms with van der Waals surface area (Å²) in [6.07, 6.45) is 0.491. The summed E-state index contributed by atoms with van der Waals surface area (Å²) in [5.74, 6) is -0.314. The van der Waals surface area contributed by atoms with E-state index in [-0.39, 0.29) is 35.0 Å². The van der Waals surface area contributed by atoms with Crippen LogP contribution in [0.15, 0.2) is 41.3 Å². The van der Waals surface area contributed by atoms with Crippen LogP contribution in [0.4, 0.5) is 0 Å². The van der Waals surface area contributed by atoms with E-state index in [2.05, 4.69) is 5.32 Å². The lowest BCUT2D eigenvalue weighted by molar-refractivity contribution is -0.143. The van der Waals surface area contributed by atoms with Crippen LogP contribution in [0.5, 0.6) is 11.5 Å². The standard InChI is InChI=1S/C20H19Cl2N3O5S/c1-29-20(26)17-12-25(6-2-5-24-17)31(27,28)19-7-13(11-23)3-4-18(19)30-16-9-14(21)8-15(22)10-16/h3-4,7-10,17,24H,2,5-6,12H2,1H3. The minimum Gasteiger partial charge on any atom is -0.468 e. The van der Waals surface area contributed by atoms with Crippen LogP contribution >= 0.6 is 23.2 Å². The van der Waals surface area contributed by atoms with Crippen LogP contribution in [0.2, 0.25) is 10.0 Å². The number of hydrogen-bond acceptors (Lipinski definition) is 7. The van der Waals surface area contributed by atoms with Gasteiger partial charge in [-0.05, 0) is 49.4 Å². The summed E-state index contributed by atoms with van der Waals surface area (Å²) >= 11 is 12.0. The van der Waals surface area contributed by atoms with Crippen molar-refractivity contribution in [3.8, 4) is 17.6 Å². The maximum absolute atomic E-state index is 13.5. The van der Waals surface area contributed by atoms with Gasteiger partial charge in [0.05, 0.1) is 18.7 Å². The topological polar surface area (TPSA) is 109 Å². The highest BCUT2D eigenvalue weighted by molar-refractivity contribution is 7.89. The molecule has 164 valence electrons. The molecule has 1 aliphatic heterocycles. The van der Waals surface area contributed by atoms with E-state index in [9.17, 15) is 18.5 Å². The van der Waals surface area contributed by atoms with E-state index in [1.165, 1.54) is 47.8 Å². The number of carbonyl (C=O) groups excluding carboxylic acids is 1. The first-order chi connectivity index (χ1) is 14.7. The van der Waals surface area contributed by atoms with E-state index in [0.29, 0.717) is 23.0 Å². The second kappa shape index (κ2) is 9.85. The minimum atomic E-state index is -4.12. The number of benzene rings is 2. The summed E-state index contributed by atoms with van der Waals surface area (Å²) < 4.78 is 38.8.